The molecular weight excluding hydrogens is 276 g/mol. The zero-order chi connectivity index (χ0) is 15.6. The summed E-state index contributed by atoms with van der Waals surface area (Å²) in [5, 5.41) is 20.1. The summed E-state index contributed by atoms with van der Waals surface area (Å²) in [5.41, 5.74) is 0.331. The molecule has 0 saturated carbocycles. The molecule has 1 amide bonds. The van der Waals surface area contributed by atoms with E-state index in [4.69, 9.17) is 5.11 Å². The standard InChI is InChI=1S/C14H16N2O5/c1-9-4-2-6-11(16(20)21)12(9)13(17)15-7-3-5-10(8-15)14(18)19/h2,4,6,10H,3,5,7-8H2,1H3,(H,18,19)/t10-/m1/s1. The third-order valence-electron chi connectivity index (χ3n) is 3.72. The Labute approximate surface area is 121 Å². The Morgan fingerprint density at radius 1 is 1.43 bits per heavy atom. The van der Waals surface area contributed by atoms with Crippen LogP contribution in [-0.4, -0.2) is 39.9 Å². The van der Waals surface area contributed by atoms with Gasteiger partial charge in [-0.1, -0.05) is 12.1 Å². The second-order valence-corrected chi connectivity index (χ2v) is 5.15. The highest BCUT2D eigenvalue weighted by molar-refractivity contribution is 5.99. The fraction of sp³-hybridized carbons (Fsp3) is 0.429. The minimum Gasteiger partial charge on any atom is -0.481 e. The number of hydrogen-bond donors (Lipinski definition) is 1. The van der Waals surface area contributed by atoms with Crippen LogP contribution in [0.25, 0.3) is 0 Å². The molecule has 7 heteroatoms. The second kappa shape index (κ2) is 5.90. The maximum absolute atomic E-state index is 12.5. The molecule has 0 unspecified atom stereocenters. The van der Waals surface area contributed by atoms with Gasteiger partial charge in [0, 0.05) is 19.2 Å². The van der Waals surface area contributed by atoms with E-state index < -0.39 is 22.7 Å². The van der Waals surface area contributed by atoms with Crippen molar-refractivity contribution in [3.8, 4) is 0 Å². The van der Waals surface area contributed by atoms with Crippen LogP contribution in [0.4, 0.5) is 5.69 Å². The number of aliphatic carboxylic acids is 1. The highest BCUT2D eigenvalue weighted by atomic mass is 16.6. The summed E-state index contributed by atoms with van der Waals surface area (Å²) in [7, 11) is 0. The molecule has 1 fully saturated rings. The molecule has 0 aromatic heterocycles. The summed E-state index contributed by atoms with van der Waals surface area (Å²) in [6.07, 6.45) is 1.11. The third kappa shape index (κ3) is 3.01. The van der Waals surface area contributed by atoms with Crippen LogP contribution >= 0.6 is 0 Å². The minimum absolute atomic E-state index is 0.0496. The van der Waals surface area contributed by atoms with Crippen molar-refractivity contribution in [3.63, 3.8) is 0 Å². The van der Waals surface area contributed by atoms with Crippen molar-refractivity contribution >= 4 is 17.6 Å². The number of hydrogen-bond acceptors (Lipinski definition) is 4. The van der Waals surface area contributed by atoms with Gasteiger partial charge in [0.1, 0.15) is 5.56 Å². The third-order valence-corrected chi connectivity index (χ3v) is 3.72. The first-order chi connectivity index (χ1) is 9.91. The Bertz CT molecular complexity index is 599. The van der Waals surface area contributed by atoms with Gasteiger partial charge in [0.15, 0.2) is 0 Å². The Hall–Kier alpha value is -2.44. The Morgan fingerprint density at radius 3 is 2.76 bits per heavy atom. The van der Waals surface area contributed by atoms with E-state index >= 15 is 0 Å². The Balaban J connectivity index is 2.32. The van der Waals surface area contributed by atoms with Crippen molar-refractivity contribution in [2.45, 2.75) is 19.8 Å². The second-order valence-electron chi connectivity index (χ2n) is 5.15. The van der Waals surface area contributed by atoms with E-state index in [2.05, 4.69) is 0 Å². The van der Waals surface area contributed by atoms with E-state index in [0.717, 1.165) is 0 Å². The molecule has 1 aromatic carbocycles. The summed E-state index contributed by atoms with van der Waals surface area (Å²) >= 11 is 0. The molecule has 1 atom stereocenters. The number of piperidine rings is 1. The van der Waals surface area contributed by atoms with E-state index in [9.17, 15) is 19.7 Å². The number of carboxylic acid groups (broad SMARTS) is 1. The zero-order valence-electron chi connectivity index (χ0n) is 11.6. The number of carbonyl (C=O) groups is 2. The van der Waals surface area contributed by atoms with Crippen molar-refractivity contribution < 1.29 is 19.6 Å². The molecule has 0 aliphatic carbocycles. The van der Waals surface area contributed by atoms with Gasteiger partial charge in [-0.3, -0.25) is 19.7 Å². The quantitative estimate of drug-likeness (QED) is 0.676. The van der Waals surface area contributed by atoms with Gasteiger partial charge in [-0.25, -0.2) is 0 Å². The number of carboxylic acids is 1. The molecule has 112 valence electrons. The number of nitrogens with zero attached hydrogens (tertiary/aromatic N) is 2. The molecule has 1 aromatic rings. The summed E-state index contributed by atoms with van der Waals surface area (Å²) in [6.45, 7) is 2.16. The van der Waals surface area contributed by atoms with Crippen molar-refractivity contribution in [2.24, 2.45) is 5.92 Å². The van der Waals surface area contributed by atoms with Crippen LogP contribution in [0.5, 0.6) is 0 Å². The van der Waals surface area contributed by atoms with Crippen molar-refractivity contribution in [3.05, 3.63) is 39.4 Å². The summed E-state index contributed by atoms with van der Waals surface area (Å²) < 4.78 is 0. The average molecular weight is 292 g/mol. The minimum atomic E-state index is -0.938. The molecule has 21 heavy (non-hydrogen) atoms. The smallest absolute Gasteiger partial charge is 0.308 e. The molecule has 0 spiro atoms. The Kier molecular flexibility index (Phi) is 4.21. The normalized spacial score (nSPS) is 18.3. The van der Waals surface area contributed by atoms with Crippen LogP contribution in [0.1, 0.15) is 28.8 Å². The van der Waals surface area contributed by atoms with Crippen molar-refractivity contribution in [2.75, 3.05) is 13.1 Å². The molecule has 1 saturated heterocycles. The summed E-state index contributed by atoms with van der Waals surface area (Å²) in [5.74, 6) is -2.01. The van der Waals surface area contributed by atoms with Gasteiger partial charge in [-0.05, 0) is 25.3 Å². The number of benzene rings is 1. The molecule has 0 bridgehead atoms. The number of likely N-dealkylation sites (tertiary alicyclic amines) is 1. The lowest BCUT2D eigenvalue weighted by molar-refractivity contribution is -0.385. The van der Waals surface area contributed by atoms with Gasteiger partial charge in [-0.15, -0.1) is 0 Å². The predicted octanol–water partition coefficient (Wildman–Crippen LogP) is 1.84. The molecule has 2 rings (SSSR count). The van der Waals surface area contributed by atoms with Gasteiger partial charge in [0.05, 0.1) is 10.8 Å². The maximum Gasteiger partial charge on any atom is 0.308 e. The Morgan fingerprint density at radius 2 is 2.14 bits per heavy atom. The van der Waals surface area contributed by atoms with E-state index in [1.165, 1.54) is 17.0 Å². The number of nitro groups is 1. The maximum atomic E-state index is 12.5. The predicted molar refractivity (Wildman–Crippen MR) is 74.1 cm³/mol. The number of rotatable bonds is 3. The SMILES string of the molecule is Cc1cccc([N+](=O)[O-])c1C(=O)N1CCC[C@@H](C(=O)O)C1. The first-order valence-electron chi connectivity index (χ1n) is 6.68. The lowest BCUT2D eigenvalue weighted by atomic mass is 9.96. The van der Waals surface area contributed by atoms with Crippen LogP contribution in [0, 0.1) is 23.0 Å². The molecule has 1 aliphatic heterocycles. The first kappa shape index (κ1) is 15.0. The molecule has 1 heterocycles. The van der Waals surface area contributed by atoms with Gasteiger partial charge in [-0.2, -0.15) is 0 Å². The molecule has 1 aliphatic rings. The van der Waals surface area contributed by atoms with E-state index in [-0.39, 0.29) is 17.8 Å². The first-order valence-corrected chi connectivity index (χ1v) is 6.68. The van der Waals surface area contributed by atoms with E-state index in [0.29, 0.717) is 24.9 Å². The van der Waals surface area contributed by atoms with E-state index in [1.807, 2.05) is 0 Å². The molecule has 7 nitrogen and oxygen atoms in total. The fourth-order valence-electron chi connectivity index (χ4n) is 2.60. The van der Waals surface area contributed by atoms with Crippen molar-refractivity contribution in [1.82, 2.24) is 4.90 Å². The topological polar surface area (TPSA) is 101 Å². The highest BCUT2D eigenvalue weighted by Gasteiger charge is 2.32. The van der Waals surface area contributed by atoms with Crippen LogP contribution in [-0.2, 0) is 4.79 Å². The van der Waals surface area contributed by atoms with Gasteiger partial charge < -0.3 is 10.0 Å². The number of amides is 1. The van der Waals surface area contributed by atoms with Crippen LogP contribution in [0.2, 0.25) is 0 Å². The van der Waals surface area contributed by atoms with Gasteiger partial charge in [0.2, 0.25) is 0 Å². The van der Waals surface area contributed by atoms with Crippen LogP contribution < -0.4 is 0 Å². The lowest BCUT2D eigenvalue weighted by Gasteiger charge is -2.31. The van der Waals surface area contributed by atoms with E-state index in [1.54, 1.807) is 13.0 Å². The van der Waals surface area contributed by atoms with Crippen molar-refractivity contribution in [1.29, 1.82) is 0 Å². The van der Waals surface area contributed by atoms with Crippen LogP contribution in [0.15, 0.2) is 18.2 Å². The zero-order valence-corrected chi connectivity index (χ0v) is 11.6. The molecule has 1 N–H and O–H groups in total. The fourth-order valence-corrected chi connectivity index (χ4v) is 2.60. The van der Waals surface area contributed by atoms with Gasteiger partial charge in [0.25, 0.3) is 11.6 Å². The van der Waals surface area contributed by atoms with Gasteiger partial charge >= 0.3 is 5.97 Å². The monoisotopic (exact) mass is 292 g/mol. The number of carbonyl (C=O) groups excluding carboxylic acids is 1. The molecular formula is C14H16N2O5. The highest BCUT2D eigenvalue weighted by Crippen LogP contribution is 2.26. The largest absolute Gasteiger partial charge is 0.481 e. The summed E-state index contributed by atoms with van der Waals surface area (Å²) in [4.78, 5) is 35.5. The summed E-state index contributed by atoms with van der Waals surface area (Å²) in [6, 6.07) is 4.46. The number of nitro benzene ring substituents is 1. The molecule has 0 radical (unpaired) electrons. The number of aryl methyl sites for hydroxylation is 1. The lowest BCUT2D eigenvalue weighted by Crippen LogP contribution is -2.42. The van der Waals surface area contributed by atoms with Crippen LogP contribution in [0.3, 0.4) is 0 Å². The average Bonchev–Trinajstić information content (AvgIpc) is 2.46.